The van der Waals surface area contributed by atoms with Crippen molar-refractivity contribution in [1.82, 2.24) is 9.62 Å². The standard InChI is InChI=1S/C14H28N2O3S/c17-11-4-7-14-6-3-10-16(14)20(18,19)12-8-13-5-1-2-9-15-13/h13-15,17H,1-12H2. The number of sulfonamides is 1. The topological polar surface area (TPSA) is 69.6 Å². The number of hydrogen-bond acceptors (Lipinski definition) is 4. The van der Waals surface area contributed by atoms with Crippen LogP contribution in [0.25, 0.3) is 0 Å². The van der Waals surface area contributed by atoms with Gasteiger partial charge in [0.25, 0.3) is 0 Å². The van der Waals surface area contributed by atoms with Gasteiger partial charge in [-0.15, -0.1) is 0 Å². The first kappa shape index (κ1) is 16.2. The second kappa shape index (κ2) is 7.73. The van der Waals surface area contributed by atoms with Crippen LogP contribution < -0.4 is 5.32 Å². The van der Waals surface area contributed by atoms with Gasteiger partial charge >= 0.3 is 0 Å². The van der Waals surface area contributed by atoms with Gasteiger partial charge in [-0.3, -0.25) is 0 Å². The normalized spacial score (nSPS) is 28.9. The van der Waals surface area contributed by atoms with Crippen molar-refractivity contribution in [2.24, 2.45) is 0 Å². The smallest absolute Gasteiger partial charge is 0.214 e. The molecule has 0 aromatic rings. The molecule has 2 aliphatic rings. The third-order valence-electron chi connectivity index (χ3n) is 4.51. The van der Waals surface area contributed by atoms with E-state index < -0.39 is 10.0 Å². The zero-order valence-electron chi connectivity index (χ0n) is 12.3. The molecule has 2 heterocycles. The molecule has 6 heteroatoms. The molecule has 0 aliphatic carbocycles. The first-order valence-corrected chi connectivity index (χ1v) is 9.58. The molecule has 2 saturated heterocycles. The summed E-state index contributed by atoms with van der Waals surface area (Å²) in [7, 11) is -3.13. The van der Waals surface area contributed by atoms with Gasteiger partial charge in [-0.2, -0.15) is 4.31 Å². The molecule has 0 aromatic carbocycles. The van der Waals surface area contributed by atoms with Crippen LogP contribution in [0.3, 0.4) is 0 Å². The van der Waals surface area contributed by atoms with Gasteiger partial charge in [0.1, 0.15) is 0 Å². The van der Waals surface area contributed by atoms with E-state index in [1.54, 1.807) is 4.31 Å². The second-order valence-electron chi connectivity index (χ2n) is 6.02. The lowest BCUT2D eigenvalue weighted by Gasteiger charge is -2.27. The molecule has 0 bridgehead atoms. The molecule has 2 N–H and O–H groups in total. The van der Waals surface area contributed by atoms with Crippen molar-refractivity contribution in [1.29, 1.82) is 0 Å². The Labute approximate surface area is 122 Å². The first-order valence-electron chi connectivity index (χ1n) is 7.97. The fourth-order valence-corrected chi connectivity index (χ4v) is 5.26. The average Bonchev–Trinajstić information content (AvgIpc) is 2.93. The highest BCUT2D eigenvalue weighted by Gasteiger charge is 2.33. The molecule has 2 atom stereocenters. The van der Waals surface area contributed by atoms with Crippen LogP contribution in [-0.2, 0) is 10.0 Å². The van der Waals surface area contributed by atoms with Crippen LogP contribution in [0.2, 0.25) is 0 Å². The molecule has 0 spiro atoms. The van der Waals surface area contributed by atoms with Crippen molar-refractivity contribution < 1.29 is 13.5 Å². The molecule has 0 aromatic heterocycles. The van der Waals surface area contributed by atoms with Gasteiger partial charge in [-0.25, -0.2) is 8.42 Å². The molecule has 0 radical (unpaired) electrons. The predicted octanol–water partition coefficient (Wildman–Crippen LogP) is 1.09. The van der Waals surface area contributed by atoms with Crippen molar-refractivity contribution in [2.75, 3.05) is 25.4 Å². The summed E-state index contributed by atoms with van der Waals surface area (Å²) in [5.74, 6) is 0.264. The van der Waals surface area contributed by atoms with Crippen molar-refractivity contribution in [3.63, 3.8) is 0 Å². The maximum atomic E-state index is 12.5. The minimum Gasteiger partial charge on any atom is -0.396 e. The van der Waals surface area contributed by atoms with E-state index >= 15 is 0 Å². The summed E-state index contributed by atoms with van der Waals surface area (Å²) in [5.41, 5.74) is 0. The van der Waals surface area contributed by atoms with Crippen LogP contribution in [0.4, 0.5) is 0 Å². The molecule has 0 amide bonds. The molecular formula is C14H28N2O3S. The van der Waals surface area contributed by atoms with Crippen molar-refractivity contribution in [3.8, 4) is 0 Å². The van der Waals surface area contributed by atoms with Crippen molar-refractivity contribution in [3.05, 3.63) is 0 Å². The summed E-state index contributed by atoms with van der Waals surface area (Å²) in [4.78, 5) is 0. The summed E-state index contributed by atoms with van der Waals surface area (Å²) >= 11 is 0. The minimum absolute atomic E-state index is 0.117. The first-order chi connectivity index (χ1) is 9.63. The Morgan fingerprint density at radius 2 is 2.00 bits per heavy atom. The molecule has 2 unspecified atom stereocenters. The van der Waals surface area contributed by atoms with Gasteiger partial charge in [0, 0.05) is 25.2 Å². The Morgan fingerprint density at radius 1 is 1.15 bits per heavy atom. The Balaban J connectivity index is 1.84. The summed E-state index contributed by atoms with van der Waals surface area (Å²) < 4.78 is 26.7. The number of rotatable bonds is 7. The van der Waals surface area contributed by atoms with E-state index in [0.717, 1.165) is 38.6 Å². The van der Waals surface area contributed by atoms with Gasteiger partial charge in [0.05, 0.1) is 5.75 Å². The Morgan fingerprint density at radius 3 is 2.70 bits per heavy atom. The number of piperidine rings is 1. The molecule has 0 saturated carbocycles. The maximum absolute atomic E-state index is 12.5. The van der Waals surface area contributed by atoms with E-state index in [1.165, 1.54) is 12.8 Å². The predicted molar refractivity (Wildman–Crippen MR) is 80.1 cm³/mol. The molecule has 2 aliphatic heterocycles. The van der Waals surface area contributed by atoms with E-state index in [-0.39, 0.29) is 18.4 Å². The Kier molecular flexibility index (Phi) is 6.26. The van der Waals surface area contributed by atoms with Crippen LogP contribution >= 0.6 is 0 Å². The molecule has 20 heavy (non-hydrogen) atoms. The number of hydrogen-bond donors (Lipinski definition) is 2. The third-order valence-corrected chi connectivity index (χ3v) is 6.46. The Bertz CT molecular complexity index is 380. The Hall–Kier alpha value is -0.170. The summed E-state index contributed by atoms with van der Waals surface area (Å²) in [6.07, 6.45) is 7.63. The van der Waals surface area contributed by atoms with Crippen LogP contribution in [0.5, 0.6) is 0 Å². The number of nitrogens with zero attached hydrogens (tertiary/aromatic N) is 1. The lowest BCUT2D eigenvalue weighted by Crippen LogP contribution is -2.40. The fraction of sp³-hybridized carbons (Fsp3) is 1.00. The largest absolute Gasteiger partial charge is 0.396 e. The second-order valence-corrected chi connectivity index (χ2v) is 8.07. The van der Waals surface area contributed by atoms with Gasteiger partial charge in [0.2, 0.25) is 10.0 Å². The van der Waals surface area contributed by atoms with Crippen LogP contribution in [0, 0.1) is 0 Å². The molecule has 118 valence electrons. The highest BCUT2D eigenvalue weighted by atomic mass is 32.2. The zero-order valence-corrected chi connectivity index (χ0v) is 13.1. The maximum Gasteiger partial charge on any atom is 0.214 e. The van der Waals surface area contributed by atoms with Crippen LogP contribution in [0.15, 0.2) is 0 Å². The van der Waals surface area contributed by atoms with Crippen LogP contribution in [-0.4, -0.2) is 55.4 Å². The lowest BCUT2D eigenvalue weighted by atomic mass is 10.0. The minimum atomic E-state index is -3.13. The fourth-order valence-electron chi connectivity index (χ4n) is 3.37. The van der Waals surface area contributed by atoms with Gasteiger partial charge < -0.3 is 10.4 Å². The average molecular weight is 304 g/mol. The van der Waals surface area contributed by atoms with E-state index in [4.69, 9.17) is 5.11 Å². The summed E-state index contributed by atoms with van der Waals surface area (Å²) in [5, 5.41) is 12.3. The van der Waals surface area contributed by atoms with E-state index in [9.17, 15) is 8.42 Å². The summed E-state index contributed by atoms with van der Waals surface area (Å²) in [6.45, 7) is 1.83. The molecule has 5 nitrogen and oxygen atoms in total. The van der Waals surface area contributed by atoms with Crippen LogP contribution in [0.1, 0.15) is 51.4 Å². The molecule has 2 rings (SSSR count). The number of nitrogens with one attached hydrogen (secondary N) is 1. The highest BCUT2D eigenvalue weighted by Crippen LogP contribution is 2.25. The summed E-state index contributed by atoms with van der Waals surface area (Å²) in [6, 6.07) is 0.489. The van der Waals surface area contributed by atoms with E-state index in [0.29, 0.717) is 19.0 Å². The van der Waals surface area contributed by atoms with E-state index in [1.807, 2.05) is 0 Å². The number of aliphatic hydroxyl groups excluding tert-OH is 1. The quantitative estimate of drug-likeness (QED) is 0.738. The van der Waals surface area contributed by atoms with Gasteiger partial charge in [-0.1, -0.05) is 6.42 Å². The number of aliphatic hydroxyl groups is 1. The highest BCUT2D eigenvalue weighted by molar-refractivity contribution is 7.89. The van der Waals surface area contributed by atoms with Crippen molar-refractivity contribution >= 4 is 10.0 Å². The van der Waals surface area contributed by atoms with E-state index in [2.05, 4.69) is 5.32 Å². The molecular weight excluding hydrogens is 276 g/mol. The van der Waals surface area contributed by atoms with Gasteiger partial charge in [0.15, 0.2) is 0 Å². The monoisotopic (exact) mass is 304 g/mol. The van der Waals surface area contributed by atoms with Gasteiger partial charge in [-0.05, 0) is 51.5 Å². The molecule has 2 fully saturated rings. The lowest BCUT2D eigenvalue weighted by molar-refractivity contribution is 0.264. The SMILES string of the molecule is O=S(=O)(CCC1CCCCN1)N1CCCC1CCCO. The third kappa shape index (κ3) is 4.41. The zero-order chi connectivity index (χ0) is 14.4. The van der Waals surface area contributed by atoms with Crippen molar-refractivity contribution in [2.45, 2.75) is 63.5 Å².